The van der Waals surface area contributed by atoms with Crippen LogP contribution in [0, 0.1) is 0 Å². The Morgan fingerprint density at radius 3 is 2.21 bits per heavy atom. The number of hydrogen-bond donors (Lipinski definition) is 1. The molecule has 2 nitrogen and oxygen atoms in total. The van der Waals surface area contributed by atoms with Crippen molar-refractivity contribution in [1.82, 2.24) is 0 Å². The van der Waals surface area contributed by atoms with Crippen molar-refractivity contribution in [3.05, 3.63) is 30.3 Å². The molecule has 0 aliphatic carbocycles. The van der Waals surface area contributed by atoms with Crippen LogP contribution in [0.25, 0.3) is 0 Å². The summed E-state index contributed by atoms with van der Waals surface area (Å²) in [5, 5.41) is 10.1. The third-order valence-electron chi connectivity index (χ3n) is 3.75. The van der Waals surface area contributed by atoms with Crippen LogP contribution >= 0.6 is 7.26 Å². The molecule has 3 heteroatoms. The van der Waals surface area contributed by atoms with Crippen LogP contribution in [-0.2, 0) is 4.79 Å². The molecule has 0 radical (unpaired) electrons. The first-order chi connectivity index (χ1) is 9.02. The molecular formula is C16H27O2P. The number of hydrogen-bond acceptors (Lipinski definition) is 1. The van der Waals surface area contributed by atoms with Gasteiger partial charge in [-0.15, -0.1) is 0 Å². The zero-order valence-electron chi connectivity index (χ0n) is 12.2. The fourth-order valence-corrected chi connectivity index (χ4v) is 4.92. The van der Waals surface area contributed by atoms with Gasteiger partial charge in [0.2, 0.25) is 0 Å². The average molecular weight is 282 g/mol. The molecule has 0 heterocycles. The second-order valence-corrected chi connectivity index (χ2v) is 10.8. The first kappa shape index (κ1) is 16.2. The first-order valence-electron chi connectivity index (χ1n) is 7.30. The molecule has 0 saturated heterocycles. The summed E-state index contributed by atoms with van der Waals surface area (Å²) in [5.74, 6) is -0.669. The van der Waals surface area contributed by atoms with Crippen LogP contribution < -0.4 is 5.30 Å². The Balaban J connectivity index is 2.16. The van der Waals surface area contributed by atoms with Crippen LogP contribution in [-0.4, -0.2) is 30.6 Å². The predicted octanol–water partition coefficient (Wildman–Crippen LogP) is 3.75. The Bertz CT molecular complexity index is 374. The van der Waals surface area contributed by atoms with Crippen molar-refractivity contribution in [2.45, 2.75) is 38.5 Å². The van der Waals surface area contributed by atoms with Crippen LogP contribution in [0.4, 0.5) is 0 Å². The number of rotatable bonds is 9. The second kappa shape index (κ2) is 8.32. The molecule has 1 aromatic carbocycles. The fourth-order valence-electron chi connectivity index (χ4n) is 2.41. The minimum atomic E-state index is -1.26. The molecule has 0 aromatic heterocycles. The van der Waals surface area contributed by atoms with E-state index in [1.54, 1.807) is 5.30 Å². The molecule has 0 unspecified atom stereocenters. The average Bonchev–Trinajstić information content (AvgIpc) is 2.38. The normalized spacial score (nSPS) is 12.3. The van der Waals surface area contributed by atoms with Gasteiger partial charge in [0.15, 0.2) is 0 Å². The molecule has 0 aliphatic rings. The molecule has 1 rings (SSSR count). The van der Waals surface area contributed by atoms with Crippen molar-refractivity contribution in [2.24, 2.45) is 0 Å². The Kier molecular flexibility index (Phi) is 7.09. The van der Waals surface area contributed by atoms with Crippen molar-refractivity contribution in [2.75, 3.05) is 19.5 Å². The van der Waals surface area contributed by atoms with E-state index in [-0.39, 0.29) is 0 Å². The zero-order valence-corrected chi connectivity index (χ0v) is 13.2. The maximum absolute atomic E-state index is 10.4. The number of unbranched alkanes of at least 4 members (excludes halogenated alkanes) is 4. The maximum atomic E-state index is 10.4. The Morgan fingerprint density at radius 2 is 1.58 bits per heavy atom. The Morgan fingerprint density at radius 1 is 1.00 bits per heavy atom. The molecule has 0 amide bonds. The summed E-state index contributed by atoms with van der Waals surface area (Å²) in [7, 11) is -1.26. The van der Waals surface area contributed by atoms with Gasteiger partial charge in [-0.1, -0.05) is 0 Å². The van der Waals surface area contributed by atoms with Gasteiger partial charge in [-0.3, -0.25) is 0 Å². The first-order valence-corrected chi connectivity index (χ1v) is 10.5. The molecule has 0 fully saturated rings. The molecule has 108 valence electrons. The number of benzene rings is 1. The van der Waals surface area contributed by atoms with Crippen molar-refractivity contribution in [3.63, 3.8) is 0 Å². The van der Waals surface area contributed by atoms with E-state index < -0.39 is 13.2 Å². The zero-order chi connectivity index (χ0) is 14.1. The van der Waals surface area contributed by atoms with Gasteiger partial charge in [0, 0.05) is 0 Å². The van der Waals surface area contributed by atoms with Crippen LogP contribution in [0.15, 0.2) is 30.3 Å². The van der Waals surface area contributed by atoms with Crippen LogP contribution in [0.2, 0.25) is 0 Å². The van der Waals surface area contributed by atoms with Gasteiger partial charge in [0.05, 0.1) is 0 Å². The van der Waals surface area contributed by atoms with E-state index in [0.717, 1.165) is 12.8 Å². The van der Waals surface area contributed by atoms with Gasteiger partial charge in [-0.2, -0.15) is 0 Å². The van der Waals surface area contributed by atoms with Crippen LogP contribution in [0.3, 0.4) is 0 Å². The van der Waals surface area contributed by atoms with Crippen LogP contribution in [0.5, 0.6) is 0 Å². The summed E-state index contributed by atoms with van der Waals surface area (Å²) >= 11 is 0. The minimum absolute atomic E-state index is 0.324. The van der Waals surface area contributed by atoms with Gasteiger partial charge >= 0.3 is 117 Å². The topological polar surface area (TPSA) is 37.3 Å². The van der Waals surface area contributed by atoms with Gasteiger partial charge in [0.25, 0.3) is 0 Å². The molecule has 19 heavy (non-hydrogen) atoms. The predicted molar refractivity (Wildman–Crippen MR) is 86.4 cm³/mol. The Labute approximate surface area is 117 Å². The van der Waals surface area contributed by atoms with E-state index in [1.807, 2.05) is 0 Å². The molecular weight excluding hydrogens is 255 g/mol. The van der Waals surface area contributed by atoms with E-state index in [0.29, 0.717) is 6.42 Å². The molecule has 0 aliphatic heterocycles. The summed E-state index contributed by atoms with van der Waals surface area (Å²) in [4.78, 5) is 10.4. The van der Waals surface area contributed by atoms with Crippen molar-refractivity contribution in [1.29, 1.82) is 0 Å². The summed E-state index contributed by atoms with van der Waals surface area (Å²) in [5.41, 5.74) is 0. The number of carbonyl (C=O) groups is 1. The van der Waals surface area contributed by atoms with E-state index in [1.165, 1.54) is 25.4 Å². The fraction of sp³-hybridized carbons (Fsp3) is 0.562. The standard InChI is InChI=1S/C16H27O2P/c1-19(2,15-11-7-6-8-12-15)14-10-5-3-4-9-13-16(17)18/h6-8,11-12,19H,3-5,9-10,13-14H2,1-2H3,(H,17,18). The number of carboxylic acids is 1. The van der Waals surface area contributed by atoms with E-state index in [9.17, 15) is 4.79 Å². The molecule has 1 aromatic rings. The Hall–Kier alpha value is -0.880. The molecule has 0 spiro atoms. The summed E-state index contributed by atoms with van der Waals surface area (Å²) < 4.78 is 0. The third-order valence-corrected chi connectivity index (χ3v) is 7.25. The van der Waals surface area contributed by atoms with Crippen molar-refractivity contribution < 1.29 is 9.90 Å². The summed E-state index contributed by atoms with van der Waals surface area (Å²) in [6, 6.07) is 10.9. The van der Waals surface area contributed by atoms with Crippen LogP contribution in [0.1, 0.15) is 38.5 Å². The van der Waals surface area contributed by atoms with Crippen molar-refractivity contribution >= 4 is 18.5 Å². The monoisotopic (exact) mass is 282 g/mol. The third kappa shape index (κ3) is 6.73. The second-order valence-electron chi connectivity index (χ2n) is 5.91. The summed E-state index contributed by atoms with van der Waals surface area (Å²) in [6.07, 6.45) is 7.23. The van der Waals surface area contributed by atoms with Gasteiger partial charge in [0.1, 0.15) is 0 Å². The van der Waals surface area contributed by atoms with Gasteiger partial charge in [-0.25, -0.2) is 0 Å². The quantitative estimate of drug-likeness (QED) is 0.553. The SMILES string of the molecule is C[PH](C)(CCCCCCCC(=O)O)c1ccccc1. The molecule has 1 N–H and O–H groups in total. The van der Waals surface area contributed by atoms with E-state index >= 15 is 0 Å². The van der Waals surface area contributed by atoms with E-state index in [4.69, 9.17) is 5.11 Å². The van der Waals surface area contributed by atoms with Crippen molar-refractivity contribution in [3.8, 4) is 0 Å². The van der Waals surface area contributed by atoms with E-state index in [2.05, 4.69) is 43.7 Å². The molecule has 0 bridgehead atoms. The van der Waals surface area contributed by atoms with Gasteiger partial charge < -0.3 is 0 Å². The van der Waals surface area contributed by atoms with Gasteiger partial charge in [-0.05, 0) is 0 Å². The number of aliphatic carboxylic acids is 1. The molecule has 0 saturated carbocycles. The summed E-state index contributed by atoms with van der Waals surface area (Å²) in [6.45, 7) is 4.87. The number of carboxylic acid groups (broad SMARTS) is 1. The molecule has 0 atom stereocenters.